The summed E-state index contributed by atoms with van der Waals surface area (Å²) in [6.45, 7) is 6.76. The first kappa shape index (κ1) is 40.7. The maximum absolute atomic E-state index is 14.4. The van der Waals surface area contributed by atoms with Crippen LogP contribution in [0.1, 0.15) is 62.0 Å². The highest BCUT2D eigenvalue weighted by atomic mass is 19.3. The lowest BCUT2D eigenvalue weighted by Crippen LogP contribution is -2.57. The fourth-order valence-electron chi connectivity index (χ4n) is 5.38. The summed E-state index contributed by atoms with van der Waals surface area (Å²) in [5.74, 6) is -6.96. The molecule has 0 bridgehead atoms. The number of hydrogen-bond donors (Lipinski definition) is 4. The summed E-state index contributed by atoms with van der Waals surface area (Å²) >= 11 is 0. The van der Waals surface area contributed by atoms with Crippen LogP contribution in [0.2, 0.25) is 0 Å². The summed E-state index contributed by atoms with van der Waals surface area (Å²) in [6, 6.07) is 6.12. The Bertz CT molecular complexity index is 1510. The highest BCUT2D eigenvalue weighted by molar-refractivity contribution is 5.94. The molecule has 4 N–H and O–H groups in total. The second-order valence-corrected chi connectivity index (χ2v) is 13.0. The molecule has 2 aromatic rings. The number of alkyl carbamates (subject to hydrolysis) is 1. The Morgan fingerprint density at radius 1 is 0.980 bits per heavy atom. The van der Waals surface area contributed by atoms with Crippen LogP contribution in [0.4, 0.5) is 22.4 Å². The number of carboxylic acids is 1. The first-order valence-corrected chi connectivity index (χ1v) is 16.5. The van der Waals surface area contributed by atoms with Gasteiger partial charge in [-0.15, -0.1) is 0 Å². The summed E-state index contributed by atoms with van der Waals surface area (Å²) < 4.78 is 67.1. The van der Waals surface area contributed by atoms with Crippen molar-refractivity contribution in [2.24, 2.45) is 11.8 Å². The topological polar surface area (TPSA) is 163 Å². The molecular weight excluding hydrogens is 680 g/mol. The molecule has 16 heteroatoms. The van der Waals surface area contributed by atoms with Crippen molar-refractivity contribution in [3.63, 3.8) is 0 Å². The molecule has 1 heterocycles. The number of alkyl halides is 2. The number of carboxylic acid groups (broad SMARTS) is 1. The van der Waals surface area contributed by atoms with Crippen LogP contribution in [0.25, 0.3) is 0 Å². The van der Waals surface area contributed by atoms with Gasteiger partial charge in [-0.3, -0.25) is 14.4 Å². The fourth-order valence-corrected chi connectivity index (χ4v) is 5.38. The number of benzene rings is 2. The smallest absolute Gasteiger partial charge is 0.407 e. The number of carbonyl (C=O) groups is 5. The quantitative estimate of drug-likeness (QED) is 0.178. The molecule has 1 aliphatic rings. The minimum absolute atomic E-state index is 0.0317. The zero-order valence-electron chi connectivity index (χ0n) is 28.8. The molecule has 4 amide bonds. The van der Waals surface area contributed by atoms with Gasteiger partial charge in [0.05, 0.1) is 24.9 Å². The zero-order chi connectivity index (χ0) is 37.8. The average Bonchev–Trinajstić information content (AvgIpc) is 3.50. The SMILES string of the molecule is CC(C)COC(=O)N[C@H](C(=O)N1C[C@H](OCc2ccccc2)C[C@H]1C(=O)N[C@@H](CC(F)F)C(=O)NCCc1c(F)cc(C(=O)O)cc1F)C(C)C. The number of halogens is 4. The highest BCUT2D eigenvalue weighted by Gasteiger charge is 2.44. The van der Waals surface area contributed by atoms with Crippen molar-refractivity contribution in [1.82, 2.24) is 20.9 Å². The van der Waals surface area contributed by atoms with Crippen molar-refractivity contribution in [2.75, 3.05) is 19.7 Å². The van der Waals surface area contributed by atoms with E-state index in [-0.39, 0.29) is 32.1 Å². The van der Waals surface area contributed by atoms with Crippen LogP contribution in [-0.2, 0) is 36.9 Å². The number of likely N-dealkylation sites (tertiary alicyclic amines) is 1. The normalized spacial score (nSPS) is 17.0. The molecule has 0 unspecified atom stereocenters. The predicted octanol–water partition coefficient (Wildman–Crippen LogP) is 4.05. The second kappa shape index (κ2) is 19.0. The van der Waals surface area contributed by atoms with E-state index in [4.69, 9.17) is 14.6 Å². The summed E-state index contributed by atoms with van der Waals surface area (Å²) in [5, 5.41) is 16.1. The number of ether oxygens (including phenoxy) is 2. The van der Waals surface area contributed by atoms with Crippen LogP contribution >= 0.6 is 0 Å². The first-order chi connectivity index (χ1) is 24.1. The van der Waals surface area contributed by atoms with Gasteiger partial charge in [-0.2, -0.15) is 0 Å². The third kappa shape index (κ3) is 12.2. The van der Waals surface area contributed by atoms with Gasteiger partial charge in [-0.25, -0.2) is 27.2 Å². The molecule has 0 saturated carbocycles. The molecule has 0 radical (unpaired) electrons. The van der Waals surface area contributed by atoms with Gasteiger partial charge in [-0.1, -0.05) is 58.0 Å². The Labute approximate surface area is 293 Å². The third-order valence-corrected chi connectivity index (χ3v) is 8.04. The van der Waals surface area contributed by atoms with E-state index in [9.17, 15) is 41.5 Å². The van der Waals surface area contributed by atoms with Gasteiger partial charge in [0.25, 0.3) is 0 Å². The van der Waals surface area contributed by atoms with E-state index in [0.29, 0.717) is 12.1 Å². The lowest BCUT2D eigenvalue weighted by Gasteiger charge is -2.31. The summed E-state index contributed by atoms with van der Waals surface area (Å²) in [7, 11) is 0. The third-order valence-electron chi connectivity index (χ3n) is 8.04. The Morgan fingerprint density at radius 2 is 1.63 bits per heavy atom. The van der Waals surface area contributed by atoms with E-state index in [1.807, 2.05) is 44.2 Å². The molecule has 1 aliphatic heterocycles. The average molecular weight is 725 g/mol. The molecule has 2 aromatic carbocycles. The van der Waals surface area contributed by atoms with Crippen LogP contribution in [0.15, 0.2) is 42.5 Å². The van der Waals surface area contributed by atoms with Crippen LogP contribution in [0, 0.1) is 23.5 Å². The van der Waals surface area contributed by atoms with Crippen molar-refractivity contribution in [3.8, 4) is 0 Å². The van der Waals surface area contributed by atoms with Crippen LogP contribution < -0.4 is 16.0 Å². The van der Waals surface area contributed by atoms with Crippen molar-refractivity contribution in [2.45, 2.75) is 84.2 Å². The molecule has 12 nitrogen and oxygen atoms in total. The lowest BCUT2D eigenvalue weighted by atomic mass is 10.0. The van der Waals surface area contributed by atoms with E-state index in [1.165, 1.54) is 4.90 Å². The number of rotatable bonds is 17. The minimum atomic E-state index is -3.05. The number of nitrogens with zero attached hydrogens (tertiary/aromatic N) is 1. The molecule has 1 saturated heterocycles. The molecule has 1 fully saturated rings. The van der Waals surface area contributed by atoms with Gasteiger partial charge in [0.1, 0.15) is 29.8 Å². The Morgan fingerprint density at radius 3 is 2.20 bits per heavy atom. The van der Waals surface area contributed by atoms with Gasteiger partial charge in [-0.05, 0) is 36.0 Å². The first-order valence-electron chi connectivity index (χ1n) is 16.5. The van der Waals surface area contributed by atoms with E-state index < -0.39 is 109 Å². The molecular formula is C35H44F4N4O8. The molecule has 3 rings (SSSR count). The van der Waals surface area contributed by atoms with E-state index >= 15 is 0 Å². The fraction of sp³-hybridized carbons (Fsp3) is 0.514. The lowest BCUT2D eigenvalue weighted by molar-refractivity contribution is -0.141. The van der Waals surface area contributed by atoms with Crippen molar-refractivity contribution in [1.29, 1.82) is 0 Å². The van der Waals surface area contributed by atoms with Gasteiger partial charge in [0, 0.05) is 31.5 Å². The monoisotopic (exact) mass is 724 g/mol. The number of aromatic carboxylic acids is 1. The number of hydrogen-bond acceptors (Lipinski definition) is 7. The van der Waals surface area contributed by atoms with Crippen LogP contribution in [0.3, 0.4) is 0 Å². The molecule has 0 aliphatic carbocycles. The Balaban J connectivity index is 1.77. The van der Waals surface area contributed by atoms with E-state index in [2.05, 4.69) is 16.0 Å². The zero-order valence-corrected chi connectivity index (χ0v) is 28.8. The van der Waals surface area contributed by atoms with E-state index in [0.717, 1.165) is 5.56 Å². The molecule has 4 atom stereocenters. The van der Waals surface area contributed by atoms with Crippen molar-refractivity contribution >= 4 is 29.8 Å². The molecule has 51 heavy (non-hydrogen) atoms. The summed E-state index contributed by atoms with van der Waals surface area (Å²) in [4.78, 5) is 65.4. The van der Waals surface area contributed by atoms with E-state index in [1.54, 1.807) is 13.8 Å². The summed E-state index contributed by atoms with van der Waals surface area (Å²) in [5.41, 5.74) is -0.326. The Hall–Kier alpha value is -4.73. The maximum Gasteiger partial charge on any atom is 0.407 e. The maximum atomic E-state index is 14.4. The van der Waals surface area contributed by atoms with Crippen molar-refractivity contribution < 1.29 is 56.1 Å². The molecule has 280 valence electrons. The summed E-state index contributed by atoms with van der Waals surface area (Å²) in [6.07, 6.45) is -6.17. The highest BCUT2D eigenvalue weighted by Crippen LogP contribution is 2.25. The number of amides is 4. The number of carbonyl (C=O) groups excluding carboxylic acids is 4. The minimum Gasteiger partial charge on any atom is -0.478 e. The predicted molar refractivity (Wildman–Crippen MR) is 176 cm³/mol. The largest absolute Gasteiger partial charge is 0.478 e. The van der Waals surface area contributed by atoms with Gasteiger partial charge < -0.3 is 35.4 Å². The second-order valence-electron chi connectivity index (χ2n) is 13.0. The Kier molecular flexibility index (Phi) is 15.2. The molecule has 0 aromatic heterocycles. The van der Waals surface area contributed by atoms with Crippen LogP contribution in [0.5, 0.6) is 0 Å². The van der Waals surface area contributed by atoms with Gasteiger partial charge in [0.15, 0.2) is 0 Å². The standard InChI is InChI=1S/C35H44F4N4O8/c1-19(2)17-51-35(49)42-30(20(3)4)33(46)43-16-23(50-18-21-8-6-5-7-9-21)14-28(43)32(45)41-27(15-29(38)39)31(44)40-11-10-24-25(36)12-22(34(47)48)13-26(24)37/h5-9,12-13,19-20,23,27-30H,10-11,14-18H2,1-4H3,(H,40,44)(H,41,45)(H,42,49)(H,47,48)/t23-,27+,28+,30+/m1/s1. The van der Waals surface area contributed by atoms with Crippen LogP contribution in [-0.4, -0.2) is 90.1 Å². The molecule has 0 spiro atoms. The van der Waals surface area contributed by atoms with Gasteiger partial charge >= 0.3 is 12.1 Å². The van der Waals surface area contributed by atoms with Crippen molar-refractivity contribution in [3.05, 3.63) is 70.8 Å². The van der Waals surface area contributed by atoms with Gasteiger partial charge in [0.2, 0.25) is 24.1 Å². The number of nitrogens with one attached hydrogen (secondary N) is 3.